The van der Waals surface area contributed by atoms with Crippen LogP contribution in [0.2, 0.25) is 10.0 Å². The molecule has 1 unspecified atom stereocenters. The first kappa shape index (κ1) is 16.8. The van der Waals surface area contributed by atoms with Gasteiger partial charge in [0.2, 0.25) is 0 Å². The van der Waals surface area contributed by atoms with Crippen molar-refractivity contribution in [3.63, 3.8) is 0 Å². The van der Waals surface area contributed by atoms with E-state index in [9.17, 15) is 9.59 Å². The van der Waals surface area contributed by atoms with E-state index in [2.05, 4.69) is 0 Å². The number of nitriles is 2. The summed E-state index contributed by atoms with van der Waals surface area (Å²) in [5.41, 5.74) is -0.0382. The second kappa shape index (κ2) is 6.94. The predicted molar refractivity (Wildman–Crippen MR) is 72.7 cm³/mol. The van der Waals surface area contributed by atoms with Crippen LogP contribution < -0.4 is 0 Å². The number of nitrogens with zero attached hydrogens (tertiary/aromatic N) is 2. The van der Waals surface area contributed by atoms with Gasteiger partial charge in [-0.05, 0) is 17.7 Å². The monoisotopic (exact) mass is 326 g/mol. The van der Waals surface area contributed by atoms with Crippen LogP contribution in [0.5, 0.6) is 0 Å². The molecule has 0 aliphatic heterocycles. The van der Waals surface area contributed by atoms with E-state index < -0.39 is 29.7 Å². The Balaban J connectivity index is 3.60. The van der Waals surface area contributed by atoms with Crippen LogP contribution in [-0.4, -0.2) is 22.2 Å². The fourth-order valence-electron chi connectivity index (χ4n) is 1.93. The summed E-state index contributed by atoms with van der Waals surface area (Å²) >= 11 is 11.9. The van der Waals surface area contributed by atoms with Crippen molar-refractivity contribution in [1.82, 2.24) is 0 Å². The Hall–Kier alpha value is -2.28. The molecule has 21 heavy (non-hydrogen) atoms. The zero-order valence-electron chi connectivity index (χ0n) is 10.3. The van der Waals surface area contributed by atoms with Crippen LogP contribution in [0.25, 0.3) is 0 Å². The maximum absolute atomic E-state index is 11.2. The first-order chi connectivity index (χ1) is 9.84. The third-order valence-electron chi connectivity index (χ3n) is 2.86. The second-order valence-electron chi connectivity index (χ2n) is 4.05. The number of aliphatic carboxylic acids is 2. The summed E-state index contributed by atoms with van der Waals surface area (Å²) in [5.74, 6) is -8.15. The Labute approximate surface area is 129 Å². The highest BCUT2D eigenvalue weighted by atomic mass is 35.5. The maximum Gasteiger partial charge on any atom is 0.321 e. The molecule has 1 rings (SSSR count). The van der Waals surface area contributed by atoms with Gasteiger partial charge in [0.25, 0.3) is 0 Å². The summed E-state index contributed by atoms with van der Waals surface area (Å²) in [7, 11) is 0. The van der Waals surface area contributed by atoms with Crippen LogP contribution in [-0.2, 0) is 9.59 Å². The summed E-state index contributed by atoms with van der Waals surface area (Å²) in [6, 6.07) is 7.22. The van der Waals surface area contributed by atoms with Crippen LogP contribution in [0, 0.1) is 34.5 Å². The van der Waals surface area contributed by atoms with Crippen LogP contribution in [0.1, 0.15) is 11.5 Å². The molecule has 0 saturated heterocycles. The van der Waals surface area contributed by atoms with E-state index in [0.717, 1.165) is 0 Å². The van der Waals surface area contributed by atoms with Gasteiger partial charge in [-0.1, -0.05) is 29.3 Å². The molecule has 0 heterocycles. The highest BCUT2D eigenvalue weighted by molar-refractivity contribution is 6.36. The van der Waals surface area contributed by atoms with Crippen molar-refractivity contribution in [1.29, 1.82) is 10.5 Å². The predicted octanol–water partition coefficient (Wildman–Crippen LogP) is 2.53. The topological polar surface area (TPSA) is 122 Å². The van der Waals surface area contributed by atoms with Gasteiger partial charge in [0.1, 0.15) is 0 Å². The van der Waals surface area contributed by atoms with E-state index in [4.69, 9.17) is 43.9 Å². The molecule has 8 heteroatoms. The van der Waals surface area contributed by atoms with Gasteiger partial charge in [-0.2, -0.15) is 10.5 Å². The highest BCUT2D eigenvalue weighted by Crippen LogP contribution is 2.40. The molecule has 0 aliphatic rings. The SMILES string of the molecule is N#C[C@H](C(=O)O)C(c1c(Cl)cccc1Cl)[C@@H](C#N)C(=O)O. The lowest BCUT2D eigenvalue weighted by Gasteiger charge is -2.23. The van der Waals surface area contributed by atoms with Gasteiger partial charge >= 0.3 is 11.9 Å². The van der Waals surface area contributed by atoms with Crippen LogP contribution in [0.3, 0.4) is 0 Å². The lowest BCUT2D eigenvalue weighted by atomic mass is 9.77. The molecule has 6 nitrogen and oxygen atoms in total. The van der Waals surface area contributed by atoms with Gasteiger partial charge in [-0.25, -0.2) is 0 Å². The number of benzene rings is 1. The Bertz CT molecular complexity index is 611. The number of carbonyl (C=O) groups is 2. The zero-order chi connectivity index (χ0) is 16.2. The second-order valence-corrected chi connectivity index (χ2v) is 4.87. The molecular formula is C13H8Cl2N2O4. The normalized spacial score (nSPS) is 14.3. The number of hydrogen-bond acceptors (Lipinski definition) is 4. The van der Waals surface area contributed by atoms with Crippen LogP contribution in [0.15, 0.2) is 18.2 Å². The van der Waals surface area contributed by atoms with Crippen molar-refractivity contribution < 1.29 is 19.8 Å². The fraction of sp³-hybridized carbons (Fsp3) is 0.231. The van der Waals surface area contributed by atoms with Crippen molar-refractivity contribution in [3.8, 4) is 12.1 Å². The molecular weight excluding hydrogens is 319 g/mol. The van der Waals surface area contributed by atoms with Gasteiger partial charge in [0.05, 0.1) is 12.1 Å². The molecule has 108 valence electrons. The van der Waals surface area contributed by atoms with E-state index in [1.165, 1.54) is 30.3 Å². The molecule has 0 bridgehead atoms. The number of halogens is 2. The minimum absolute atomic E-state index is 0.00417. The largest absolute Gasteiger partial charge is 0.480 e. The van der Waals surface area contributed by atoms with Gasteiger partial charge in [0.15, 0.2) is 11.8 Å². The van der Waals surface area contributed by atoms with Gasteiger partial charge in [-0.3, -0.25) is 9.59 Å². The zero-order valence-corrected chi connectivity index (χ0v) is 11.8. The smallest absolute Gasteiger partial charge is 0.321 e. The summed E-state index contributed by atoms with van der Waals surface area (Å²) in [4.78, 5) is 22.4. The van der Waals surface area contributed by atoms with Crippen molar-refractivity contribution in [2.24, 2.45) is 11.8 Å². The molecule has 0 saturated carbocycles. The first-order valence-electron chi connectivity index (χ1n) is 5.53. The minimum atomic E-state index is -1.77. The van der Waals surface area contributed by atoms with Crippen molar-refractivity contribution in [2.75, 3.05) is 0 Å². The van der Waals surface area contributed by atoms with E-state index in [1.54, 1.807) is 0 Å². The van der Waals surface area contributed by atoms with Crippen molar-refractivity contribution in [2.45, 2.75) is 5.92 Å². The Morgan fingerprint density at radius 3 is 1.67 bits per heavy atom. The lowest BCUT2D eigenvalue weighted by Crippen LogP contribution is -2.31. The summed E-state index contributed by atoms with van der Waals surface area (Å²) in [5, 5.41) is 36.2. The summed E-state index contributed by atoms with van der Waals surface area (Å²) in [6.07, 6.45) is 0. The van der Waals surface area contributed by atoms with Gasteiger partial charge in [0, 0.05) is 16.0 Å². The molecule has 1 aromatic rings. The average Bonchev–Trinajstić information content (AvgIpc) is 2.38. The number of carboxylic acid groups (broad SMARTS) is 2. The maximum atomic E-state index is 11.2. The Morgan fingerprint density at radius 1 is 1.00 bits per heavy atom. The van der Waals surface area contributed by atoms with E-state index >= 15 is 0 Å². The Morgan fingerprint density at radius 2 is 1.38 bits per heavy atom. The number of hydrogen-bond donors (Lipinski definition) is 2. The van der Waals surface area contributed by atoms with Crippen LogP contribution in [0.4, 0.5) is 0 Å². The van der Waals surface area contributed by atoms with Crippen molar-refractivity contribution >= 4 is 35.1 Å². The van der Waals surface area contributed by atoms with Gasteiger partial charge < -0.3 is 10.2 Å². The Kier molecular flexibility index (Phi) is 5.54. The quantitative estimate of drug-likeness (QED) is 0.857. The summed E-state index contributed by atoms with van der Waals surface area (Å²) in [6.45, 7) is 0. The molecule has 3 atom stereocenters. The molecule has 2 N–H and O–H groups in total. The van der Waals surface area contributed by atoms with Crippen molar-refractivity contribution in [3.05, 3.63) is 33.8 Å². The third kappa shape index (κ3) is 3.43. The standard InChI is InChI=1S/C13H8Cl2N2O4/c14-8-2-1-3-9(15)11(8)10(6(4-16)12(18)19)7(5-17)13(20)21/h1-3,6-7,10H,(H,18,19)(H,20,21)/t6-,7+,10?. The van der Waals surface area contributed by atoms with E-state index in [1.807, 2.05) is 0 Å². The molecule has 0 fully saturated rings. The highest BCUT2D eigenvalue weighted by Gasteiger charge is 2.42. The number of rotatable bonds is 5. The average molecular weight is 327 g/mol. The van der Waals surface area contributed by atoms with Gasteiger partial charge in [-0.15, -0.1) is 0 Å². The fourth-order valence-corrected chi connectivity index (χ4v) is 2.58. The summed E-state index contributed by atoms with van der Waals surface area (Å²) < 4.78 is 0. The lowest BCUT2D eigenvalue weighted by molar-refractivity contribution is -0.143. The molecule has 0 amide bonds. The third-order valence-corrected chi connectivity index (χ3v) is 3.52. The molecule has 0 radical (unpaired) electrons. The molecule has 1 aromatic carbocycles. The number of carboxylic acids is 2. The van der Waals surface area contributed by atoms with E-state index in [0.29, 0.717) is 0 Å². The van der Waals surface area contributed by atoms with E-state index in [-0.39, 0.29) is 15.6 Å². The molecule has 0 aromatic heterocycles. The minimum Gasteiger partial charge on any atom is -0.480 e. The molecule has 0 spiro atoms. The van der Waals surface area contributed by atoms with Crippen LogP contribution >= 0.6 is 23.2 Å². The first-order valence-corrected chi connectivity index (χ1v) is 6.29. The molecule has 0 aliphatic carbocycles.